The van der Waals surface area contributed by atoms with Gasteiger partial charge in [-0.15, -0.1) is 0 Å². The first-order valence-electron chi connectivity index (χ1n) is 21.4. The molecule has 1 unspecified atom stereocenters. The highest BCUT2D eigenvalue weighted by atomic mass is 15.2. The number of hydrogen-bond acceptors (Lipinski definition) is 6. The first-order chi connectivity index (χ1) is 31.7. The van der Waals surface area contributed by atoms with Gasteiger partial charge in [0.15, 0.2) is 23.3 Å². The zero-order chi connectivity index (χ0) is 42.7. The van der Waals surface area contributed by atoms with Gasteiger partial charge in [-0.2, -0.15) is 0 Å². The van der Waals surface area contributed by atoms with E-state index in [2.05, 4.69) is 151 Å². The van der Waals surface area contributed by atoms with Crippen LogP contribution in [0.5, 0.6) is 0 Å². The molecule has 0 radical (unpaired) electrons. The van der Waals surface area contributed by atoms with E-state index >= 15 is 0 Å². The Morgan fingerprint density at radius 2 is 0.812 bits per heavy atom. The van der Waals surface area contributed by atoms with Crippen molar-refractivity contribution in [2.75, 3.05) is 0 Å². The maximum absolute atomic E-state index is 5.21. The van der Waals surface area contributed by atoms with E-state index in [0.29, 0.717) is 23.3 Å². The number of hydrogen-bond donors (Lipinski definition) is 1. The van der Waals surface area contributed by atoms with Crippen LogP contribution in [0.1, 0.15) is 22.9 Å². The average molecular weight is 821 g/mol. The van der Waals surface area contributed by atoms with Crippen LogP contribution in [0.4, 0.5) is 0 Å². The fraction of sp³-hybridized carbons (Fsp3) is 0.0172. The summed E-state index contributed by atoms with van der Waals surface area (Å²) in [7, 11) is 0. The summed E-state index contributed by atoms with van der Waals surface area (Å²) in [5.74, 6) is 3.32. The van der Waals surface area contributed by atoms with Gasteiger partial charge >= 0.3 is 0 Å². The highest BCUT2D eigenvalue weighted by Gasteiger charge is 2.24. The molecule has 9 aromatic carbocycles. The van der Waals surface area contributed by atoms with E-state index < -0.39 is 0 Å². The fourth-order valence-electron chi connectivity index (χ4n) is 8.45. The molecule has 6 nitrogen and oxygen atoms in total. The van der Waals surface area contributed by atoms with Crippen LogP contribution >= 0.6 is 0 Å². The van der Waals surface area contributed by atoms with E-state index in [1.54, 1.807) is 0 Å². The van der Waals surface area contributed by atoms with Crippen molar-refractivity contribution in [2.24, 2.45) is 9.98 Å². The molecular formula is C58H40N6. The SMILES string of the molecule is c1ccc(C2=NC(c3ccccc3)NC(c3ccccc3-c3ccc(-c4cc(-c5nc(-c6ccccc6)nc(-c6ccccc6)n5)cc5ccccc45)cc3-c3ccccc3)=N2)cc1. The van der Waals surface area contributed by atoms with Crippen molar-refractivity contribution >= 4 is 22.4 Å². The lowest BCUT2D eigenvalue weighted by atomic mass is 9.87. The van der Waals surface area contributed by atoms with Crippen LogP contribution in [0.25, 0.3) is 78.3 Å². The molecule has 0 fully saturated rings. The van der Waals surface area contributed by atoms with E-state index in [0.717, 1.165) is 83.4 Å². The largest absolute Gasteiger partial charge is 0.344 e. The summed E-state index contributed by atoms with van der Waals surface area (Å²) >= 11 is 0. The molecule has 1 N–H and O–H groups in total. The number of amidine groups is 2. The van der Waals surface area contributed by atoms with Crippen molar-refractivity contribution in [3.8, 4) is 67.5 Å². The summed E-state index contributed by atoms with van der Waals surface area (Å²) in [5, 5.41) is 5.94. The molecule has 0 saturated heterocycles. The second-order valence-electron chi connectivity index (χ2n) is 15.7. The van der Waals surface area contributed by atoms with Crippen LogP contribution in [0, 0.1) is 0 Å². The predicted molar refractivity (Wildman–Crippen MR) is 262 cm³/mol. The summed E-state index contributed by atoms with van der Waals surface area (Å²) < 4.78 is 0. The number of nitrogens with one attached hydrogen (secondary N) is 1. The number of nitrogens with zero attached hydrogens (tertiary/aromatic N) is 5. The summed E-state index contributed by atoms with van der Waals surface area (Å²) in [6.07, 6.45) is -0.314. The number of aromatic nitrogens is 3. The van der Waals surface area contributed by atoms with E-state index in [-0.39, 0.29) is 6.17 Å². The van der Waals surface area contributed by atoms with Gasteiger partial charge in [0, 0.05) is 27.8 Å². The molecule has 302 valence electrons. The zero-order valence-electron chi connectivity index (χ0n) is 34.8. The second-order valence-corrected chi connectivity index (χ2v) is 15.7. The molecule has 0 amide bonds. The molecule has 0 aliphatic carbocycles. The van der Waals surface area contributed by atoms with Gasteiger partial charge in [-0.05, 0) is 67.9 Å². The van der Waals surface area contributed by atoms with Gasteiger partial charge < -0.3 is 5.32 Å². The van der Waals surface area contributed by atoms with Crippen LogP contribution in [-0.2, 0) is 0 Å². The monoisotopic (exact) mass is 820 g/mol. The molecule has 10 aromatic rings. The Hall–Kier alpha value is -8.61. The maximum atomic E-state index is 5.21. The Labute approximate surface area is 372 Å². The Kier molecular flexibility index (Phi) is 10.2. The van der Waals surface area contributed by atoms with E-state index in [4.69, 9.17) is 24.9 Å². The molecule has 0 saturated carbocycles. The third kappa shape index (κ3) is 7.65. The van der Waals surface area contributed by atoms with Gasteiger partial charge in [-0.25, -0.2) is 24.9 Å². The zero-order valence-corrected chi connectivity index (χ0v) is 34.8. The molecule has 1 atom stereocenters. The third-order valence-electron chi connectivity index (χ3n) is 11.6. The van der Waals surface area contributed by atoms with Crippen molar-refractivity contribution in [1.82, 2.24) is 20.3 Å². The Morgan fingerprint density at radius 3 is 1.45 bits per heavy atom. The highest BCUT2D eigenvalue weighted by Crippen LogP contribution is 2.41. The second kappa shape index (κ2) is 17.0. The van der Waals surface area contributed by atoms with Gasteiger partial charge in [-0.1, -0.05) is 212 Å². The Bertz CT molecular complexity index is 3280. The molecule has 64 heavy (non-hydrogen) atoms. The lowest BCUT2D eigenvalue weighted by Gasteiger charge is -2.25. The molecule has 0 spiro atoms. The van der Waals surface area contributed by atoms with Crippen LogP contribution in [-0.4, -0.2) is 26.6 Å². The number of rotatable bonds is 9. The van der Waals surface area contributed by atoms with Crippen molar-refractivity contribution < 1.29 is 0 Å². The first-order valence-corrected chi connectivity index (χ1v) is 21.4. The summed E-state index contributed by atoms with van der Waals surface area (Å²) in [6.45, 7) is 0. The van der Waals surface area contributed by atoms with Gasteiger partial charge in [0.25, 0.3) is 0 Å². The van der Waals surface area contributed by atoms with Gasteiger partial charge in [0.05, 0.1) is 0 Å². The molecular weight excluding hydrogens is 781 g/mol. The first kappa shape index (κ1) is 38.3. The van der Waals surface area contributed by atoms with E-state index in [1.165, 1.54) is 0 Å². The summed E-state index contributed by atoms with van der Waals surface area (Å²) in [5.41, 5.74) is 12.3. The van der Waals surface area contributed by atoms with Crippen molar-refractivity contribution in [3.63, 3.8) is 0 Å². The predicted octanol–water partition coefficient (Wildman–Crippen LogP) is 13.5. The quantitative estimate of drug-likeness (QED) is 0.157. The molecule has 1 aliphatic heterocycles. The minimum absolute atomic E-state index is 0.314. The maximum Gasteiger partial charge on any atom is 0.164 e. The van der Waals surface area contributed by atoms with Gasteiger partial charge in [0.2, 0.25) is 0 Å². The van der Waals surface area contributed by atoms with E-state index in [1.807, 2.05) is 84.9 Å². The fourth-order valence-corrected chi connectivity index (χ4v) is 8.45. The smallest absolute Gasteiger partial charge is 0.164 e. The van der Waals surface area contributed by atoms with Gasteiger partial charge in [-0.3, -0.25) is 0 Å². The lowest BCUT2D eigenvalue weighted by Crippen LogP contribution is -2.34. The number of fused-ring (bicyclic) bond motifs is 1. The topological polar surface area (TPSA) is 75.4 Å². The summed E-state index contributed by atoms with van der Waals surface area (Å²) in [4.78, 5) is 25.5. The third-order valence-corrected chi connectivity index (χ3v) is 11.6. The molecule has 2 heterocycles. The normalized spacial score (nSPS) is 13.5. The van der Waals surface area contributed by atoms with Crippen LogP contribution in [0.3, 0.4) is 0 Å². The Morgan fingerprint density at radius 1 is 0.328 bits per heavy atom. The average Bonchev–Trinajstić information content (AvgIpc) is 3.39. The van der Waals surface area contributed by atoms with E-state index in [9.17, 15) is 0 Å². The molecule has 6 heteroatoms. The molecule has 1 aliphatic rings. The van der Waals surface area contributed by atoms with Crippen LogP contribution in [0.2, 0.25) is 0 Å². The van der Waals surface area contributed by atoms with Crippen LogP contribution in [0.15, 0.2) is 241 Å². The Balaban J connectivity index is 1.07. The highest BCUT2D eigenvalue weighted by molar-refractivity contribution is 6.15. The van der Waals surface area contributed by atoms with Crippen molar-refractivity contribution in [2.45, 2.75) is 6.17 Å². The minimum atomic E-state index is -0.314. The minimum Gasteiger partial charge on any atom is -0.344 e. The van der Waals surface area contributed by atoms with Crippen molar-refractivity contribution in [3.05, 3.63) is 247 Å². The molecule has 0 bridgehead atoms. The number of benzene rings is 9. The van der Waals surface area contributed by atoms with Crippen LogP contribution < -0.4 is 5.32 Å². The number of aliphatic imine (C=N–C) groups is 2. The summed E-state index contributed by atoms with van der Waals surface area (Å²) in [6, 6.07) is 79.7. The standard InChI is InChI=1S/C58H40N6/c1-6-20-39(21-7-1)51-37-45(34-35-49(51)48-32-18-19-33-50(48)58-63-55(42-26-12-4-13-27-42)60-56(64-58)43-28-14-5-15-29-43)52-38-46(36-44-30-16-17-31-47(44)52)57-61-53(40-22-8-2-9-23-40)59-54(62-57)41-24-10-3-11-25-41/h1-38,55H,(H,60,63,64). The molecule has 11 rings (SSSR count). The molecule has 1 aromatic heterocycles. The van der Waals surface area contributed by atoms with Gasteiger partial charge in [0.1, 0.15) is 12.0 Å². The lowest BCUT2D eigenvalue weighted by molar-refractivity contribution is 0.674. The van der Waals surface area contributed by atoms with Crippen molar-refractivity contribution in [1.29, 1.82) is 0 Å².